The molecule has 0 aliphatic carbocycles. The number of aromatic nitrogens is 1. The van der Waals surface area contributed by atoms with Crippen LogP contribution in [-0.2, 0) is 14.7 Å². The smallest absolute Gasteiger partial charge is 0.147 e. The molecule has 2 nitrogen and oxygen atoms in total. The number of hydrogen-bond acceptors (Lipinski definition) is 2. The number of anilines is 1. The van der Waals surface area contributed by atoms with Crippen LogP contribution in [-0.4, -0.2) is 4.98 Å². The fourth-order valence-electron chi connectivity index (χ4n) is 0.654. The molecule has 1 heterocycles. The van der Waals surface area contributed by atoms with Gasteiger partial charge in [0.25, 0.3) is 0 Å². The molecule has 2 N–H and O–H groups in total. The SMILES string of the molecule is C[CH](C)[Co][c]1ncccc1N.Cl.Cl. The molecule has 0 amide bonds. The molecule has 0 atom stereocenters. The van der Waals surface area contributed by atoms with E-state index in [-0.39, 0.29) is 24.8 Å². The predicted molar refractivity (Wildman–Crippen MR) is 57.9 cm³/mol. The van der Waals surface area contributed by atoms with Crippen LogP contribution in [0.3, 0.4) is 0 Å². The summed E-state index contributed by atoms with van der Waals surface area (Å²) in [4.78, 5) is 4.77. The molecule has 0 aliphatic heterocycles. The standard InChI is InChI=1S/C5H5N2.C3H7.2ClH.Co/c6-5-2-1-3-7-4-5;1-3-2;;;/h1-3H,6H2;3H,1-2H3;2*1H;. The van der Waals surface area contributed by atoms with Gasteiger partial charge in [0.1, 0.15) is 0 Å². The van der Waals surface area contributed by atoms with Gasteiger partial charge in [-0.15, -0.1) is 24.8 Å². The van der Waals surface area contributed by atoms with Gasteiger partial charge in [0.05, 0.1) is 0 Å². The van der Waals surface area contributed by atoms with Crippen molar-refractivity contribution in [2.45, 2.75) is 18.7 Å². The van der Waals surface area contributed by atoms with E-state index in [0.717, 1.165) is 10.3 Å². The summed E-state index contributed by atoms with van der Waals surface area (Å²) in [5.41, 5.74) is 6.49. The van der Waals surface area contributed by atoms with Crippen molar-refractivity contribution in [3.8, 4) is 0 Å². The molecule has 0 radical (unpaired) electrons. The molecule has 0 saturated carbocycles. The van der Waals surface area contributed by atoms with E-state index >= 15 is 0 Å². The molecular weight excluding hydrogens is 254 g/mol. The normalized spacial score (nSPS) is 9.15. The first kappa shape index (κ1) is 15.5. The average Bonchev–Trinajstić information content (AvgIpc) is 1.93. The van der Waals surface area contributed by atoms with E-state index < -0.39 is 0 Å². The van der Waals surface area contributed by atoms with Crippen LogP contribution in [0.15, 0.2) is 18.3 Å². The zero-order valence-electron chi connectivity index (χ0n) is 7.48. The van der Waals surface area contributed by atoms with E-state index in [1.54, 1.807) is 6.20 Å². The summed E-state index contributed by atoms with van der Waals surface area (Å²) in [7, 11) is 0. The van der Waals surface area contributed by atoms with Crippen molar-refractivity contribution in [3.63, 3.8) is 0 Å². The van der Waals surface area contributed by atoms with E-state index in [0.29, 0.717) is 4.85 Å². The Morgan fingerprint density at radius 1 is 1.38 bits per heavy atom. The van der Waals surface area contributed by atoms with Crippen LogP contribution in [0.5, 0.6) is 0 Å². The van der Waals surface area contributed by atoms with E-state index in [4.69, 9.17) is 5.73 Å². The first-order chi connectivity index (χ1) is 5.20. The maximum Gasteiger partial charge on any atom is -0.147 e. The number of nitrogens with two attached hydrogens (primary N) is 1. The Labute approximate surface area is 97.5 Å². The van der Waals surface area contributed by atoms with Gasteiger partial charge in [-0.3, -0.25) is 0 Å². The Bertz CT molecular complexity index is 243. The number of halogens is 2. The van der Waals surface area contributed by atoms with Gasteiger partial charge < -0.3 is 0 Å². The third-order valence-electron chi connectivity index (χ3n) is 1.05. The Kier molecular flexibility index (Phi) is 8.88. The number of hydrogen-bond donors (Lipinski definition) is 1. The van der Waals surface area contributed by atoms with Crippen LogP contribution in [0.4, 0.5) is 5.69 Å². The Morgan fingerprint density at radius 3 is 2.46 bits per heavy atom. The van der Waals surface area contributed by atoms with Crippen LogP contribution in [0, 0.1) is 0 Å². The van der Waals surface area contributed by atoms with Crippen molar-refractivity contribution in [2.75, 3.05) is 5.73 Å². The molecule has 0 aromatic carbocycles. The molecule has 0 aliphatic rings. The van der Waals surface area contributed by atoms with Crippen LogP contribution in [0.25, 0.3) is 0 Å². The van der Waals surface area contributed by atoms with Crippen LogP contribution in [0.2, 0.25) is 4.85 Å². The Morgan fingerprint density at radius 2 is 2.00 bits per heavy atom. The molecule has 0 fully saturated rings. The summed E-state index contributed by atoms with van der Waals surface area (Å²) < 4.78 is 0.985. The second kappa shape index (κ2) is 7.44. The van der Waals surface area contributed by atoms with Crippen LogP contribution >= 0.6 is 24.8 Å². The van der Waals surface area contributed by atoms with Gasteiger partial charge >= 0.3 is 72.8 Å². The van der Waals surface area contributed by atoms with Crippen molar-refractivity contribution in [3.05, 3.63) is 18.3 Å². The van der Waals surface area contributed by atoms with E-state index in [1.807, 2.05) is 12.1 Å². The maximum absolute atomic E-state index is 5.70. The van der Waals surface area contributed by atoms with Gasteiger partial charge in [0, 0.05) is 0 Å². The molecule has 1 rings (SSSR count). The number of pyridine rings is 1. The fourth-order valence-corrected chi connectivity index (χ4v) is 1.64. The minimum absolute atomic E-state index is 0. The summed E-state index contributed by atoms with van der Waals surface area (Å²) in [6, 6.07) is 3.74. The second-order valence-corrected chi connectivity index (χ2v) is 4.42. The van der Waals surface area contributed by atoms with Gasteiger partial charge in [-0.25, -0.2) is 0 Å². The summed E-state index contributed by atoms with van der Waals surface area (Å²) >= 11 is 1.24. The van der Waals surface area contributed by atoms with Crippen molar-refractivity contribution in [2.24, 2.45) is 0 Å². The summed E-state index contributed by atoms with van der Waals surface area (Å²) in [5, 5.41) is 0. The van der Waals surface area contributed by atoms with Gasteiger partial charge in [0.15, 0.2) is 0 Å². The van der Waals surface area contributed by atoms with Gasteiger partial charge in [-0.1, -0.05) is 0 Å². The van der Waals surface area contributed by atoms with Gasteiger partial charge in [-0.05, 0) is 0 Å². The molecule has 13 heavy (non-hydrogen) atoms. The zero-order valence-corrected chi connectivity index (χ0v) is 10.2. The third kappa shape index (κ3) is 5.36. The maximum atomic E-state index is 5.70. The van der Waals surface area contributed by atoms with E-state index in [2.05, 4.69) is 18.8 Å². The Balaban J connectivity index is 0. The third-order valence-corrected chi connectivity index (χ3v) is 2.37. The topological polar surface area (TPSA) is 38.9 Å². The zero-order chi connectivity index (χ0) is 8.27. The average molecular weight is 268 g/mol. The molecule has 0 unspecified atom stereocenters. The van der Waals surface area contributed by atoms with E-state index in [1.165, 1.54) is 14.7 Å². The molecule has 0 spiro atoms. The minimum Gasteiger partial charge on any atom is -0.147 e. The van der Waals surface area contributed by atoms with Gasteiger partial charge in [0.2, 0.25) is 0 Å². The largest absolute Gasteiger partial charge is 0.147 e. The van der Waals surface area contributed by atoms with Crippen LogP contribution in [0.1, 0.15) is 13.8 Å². The number of nitrogen functional groups attached to an aromatic ring is 1. The van der Waals surface area contributed by atoms with Crippen molar-refractivity contribution in [1.29, 1.82) is 0 Å². The second-order valence-electron chi connectivity index (χ2n) is 2.42. The van der Waals surface area contributed by atoms with Crippen molar-refractivity contribution >= 4 is 35.1 Å². The van der Waals surface area contributed by atoms with Crippen molar-refractivity contribution in [1.82, 2.24) is 4.98 Å². The first-order valence-electron chi connectivity index (χ1n) is 3.49. The fraction of sp³-hybridized carbons (Fsp3) is 0.375. The molecule has 79 valence electrons. The van der Waals surface area contributed by atoms with Crippen LogP contribution < -0.4 is 10.4 Å². The molecule has 0 saturated heterocycles. The summed E-state index contributed by atoms with van der Waals surface area (Å²) in [6.07, 6.45) is 1.78. The Hall–Kier alpha value is 0.0365. The van der Waals surface area contributed by atoms with Crippen molar-refractivity contribution < 1.29 is 14.7 Å². The monoisotopic (exact) mass is 267 g/mol. The first-order valence-corrected chi connectivity index (χ1v) is 4.61. The summed E-state index contributed by atoms with van der Waals surface area (Å²) in [6.45, 7) is 4.29. The van der Waals surface area contributed by atoms with Gasteiger partial charge in [-0.2, -0.15) is 0 Å². The molecule has 1 aromatic rings. The summed E-state index contributed by atoms with van der Waals surface area (Å²) in [5.74, 6) is 0. The van der Waals surface area contributed by atoms with E-state index in [9.17, 15) is 0 Å². The minimum atomic E-state index is 0. The molecule has 0 bridgehead atoms. The molecule has 1 aromatic heterocycles. The predicted octanol–water partition coefficient (Wildman–Crippen LogP) is 2.04. The number of rotatable bonds is 2. The molecule has 5 heteroatoms. The number of nitrogens with zero attached hydrogens (tertiary/aromatic N) is 1. The molecular formula is C8H14Cl2CoN2. The quantitative estimate of drug-likeness (QED) is 0.891.